The van der Waals surface area contributed by atoms with Gasteiger partial charge in [-0.05, 0) is 24.6 Å². The minimum atomic E-state index is 0.177. The fourth-order valence-electron chi connectivity index (χ4n) is 2.40. The predicted molar refractivity (Wildman–Crippen MR) is 85.4 cm³/mol. The van der Waals surface area contributed by atoms with Crippen LogP contribution in [0, 0.1) is 0 Å². The average Bonchev–Trinajstić information content (AvgIpc) is 2.44. The largest absolute Gasteiger partial charge is 0.370 e. The van der Waals surface area contributed by atoms with Crippen molar-refractivity contribution in [1.29, 1.82) is 0 Å². The van der Waals surface area contributed by atoms with Crippen molar-refractivity contribution in [1.82, 2.24) is 4.90 Å². The monoisotopic (exact) mass is 295 g/mol. The molecule has 0 amide bonds. The highest BCUT2D eigenvalue weighted by atomic mass is 35.5. The number of aliphatic imine (C=N–C) groups is 1. The second-order valence-electron chi connectivity index (χ2n) is 4.97. The second kappa shape index (κ2) is 7.36. The van der Waals surface area contributed by atoms with E-state index in [9.17, 15) is 0 Å². The molecule has 20 heavy (non-hydrogen) atoms. The molecule has 4 N–H and O–H groups in total. The van der Waals surface area contributed by atoms with Gasteiger partial charge in [0.25, 0.3) is 0 Å². The van der Waals surface area contributed by atoms with Crippen LogP contribution in [0.25, 0.3) is 0 Å². The summed E-state index contributed by atoms with van der Waals surface area (Å²) in [4.78, 5) is 8.82. The molecular formula is C14H22ClN5. The lowest BCUT2D eigenvalue weighted by atomic mass is 10.2. The van der Waals surface area contributed by atoms with Gasteiger partial charge in [-0.15, -0.1) is 0 Å². The average molecular weight is 296 g/mol. The minimum Gasteiger partial charge on any atom is -0.370 e. The number of nitrogens with two attached hydrogens (primary N) is 2. The van der Waals surface area contributed by atoms with Crippen molar-refractivity contribution in [3.63, 3.8) is 0 Å². The summed E-state index contributed by atoms with van der Waals surface area (Å²) in [5, 5.41) is 0.794. The minimum absolute atomic E-state index is 0.177. The van der Waals surface area contributed by atoms with E-state index in [1.54, 1.807) is 0 Å². The van der Waals surface area contributed by atoms with Crippen LogP contribution >= 0.6 is 11.6 Å². The van der Waals surface area contributed by atoms with E-state index >= 15 is 0 Å². The maximum absolute atomic E-state index is 6.03. The highest BCUT2D eigenvalue weighted by Crippen LogP contribution is 2.20. The van der Waals surface area contributed by atoms with Gasteiger partial charge in [0.2, 0.25) is 0 Å². The fourth-order valence-corrected chi connectivity index (χ4v) is 2.59. The van der Waals surface area contributed by atoms with Crippen molar-refractivity contribution in [2.24, 2.45) is 16.5 Å². The molecule has 5 nitrogen and oxygen atoms in total. The first-order chi connectivity index (χ1) is 9.65. The molecular weight excluding hydrogens is 274 g/mol. The van der Waals surface area contributed by atoms with Crippen molar-refractivity contribution < 1.29 is 0 Å². The Morgan fingerprint density at radius 2 is 1.95 bits per heavy atom. The summed E-state index contributed by atoms with van der Waals surface area (Å²) in [5.74, 6) is 0.177. The molecule has 6 heteroatoms. The highest BCUT2D eigenvalue weighted by molar-refractivity contribution is 6.30. The normalized spacial score (nSPS) is 16.1. The van der Waals surface area contributed by atoms with Gasteiger partial charge in [-0.25, -0.2) is 0 Å². The smallest absolute Gasteiger partial charge is 0.185 e. The molecule has 0 atom stereocenters. The zero-order valence-electron chi connectivity index (χ0n) is 11.6. The third-order valence-corrected chi connectivity index (χ3v) is 3.71. The van der Waals surface area contributed by atoms with Gasteiger partial charge < -0.3 is 16.4 Å². The summed E-state index contributed by atoms with van der Waals surface area (Å²) >= 11 is 6.03. The number of piperazine rings is 1. The molecule has 0 spiro atoms. The number of guanidine groups is 1. The zero-order valence-corrected chi connectivity index (χ0v) is 12.4. The van der Waals surface area contributed by atoms with Crippen LogP contribution in [0.15, 0.2) is 29.3 Å². The molecule has 0 aliphatic carbocycles. The predicted octanol–water partition coefficient (Wildman–Crippen LogP) is 1.13. The van der Waals surface area contributed by atoms with Crippen LogP contribution < -0.4 is 16.4 Å². The quantitative estimate of drug-likeness (QED) is 0.485. The van der Waals surface area contributed by atoms with Gasteiger partial charge >= 0.3 is 0 Å². The number of hydrogen-bond donors (Lipinski definition) is 2. The summed E-state index contributed by atoms with van der Waals surface area (Å²) in [6.07, 6.45) is 0.995. The van der Waals surface area contributed by atoms with Crippen molar-refractivity contribution in [2.45, 2.75) is 6.42 Å². The van der Waals surface area contributed by atoms with Gasteiger partial charge in [0.05, 0.1) is 0 Å². The van der Waals surface area contributed by atoms with Crippen molar-refractivity contribution in [2.75, 3.05) is 44.2 Å². The molecule has 2 rings (SSSR count). The maximum atomic E-state index is 6.03. The van der Waals surface area contributed by atoms with E-state index in [2.05, 4.69) is 20.9 Å². The van der Waals surface area contributed by atoms with Gasteiger partial charge in [-0.1, -0.05) is 17.7 Å². The molecule has 0 radical (unpaired) electrons. The lowest BCUT2D eigenvalue weighted by Crippen LogP contribution is -2.46. The topological polar surface area (TPSA) is 70.9 Å². The van der Waals surface area contributed by atoms with Crippen molar-refractivity contribution in [3.05, 3.63) is 29.3 Å². The van der Waals surface area contributed by atoms with Crippen LogP contribution in [-0.4, -0.2) is 50.1 Å². The van der Waals surface area contributed by atoms with E-state index < -0.39 is 0 Å². The zero-order chi connectivity index (χ0) is 14.4. The first-order valence-corrected chi connectivity index (χ1v) is 7.31. The van der Waals surface area contributed by atoms with E-state index in [1.165, 1.54) is 5.69 Å². The number of halogens is 1. The van der Waals surface area contributed by atoms with Crippen LogP contribution in [0.2, 0.25) is 5.02 Å². The first-order valence-electron chi connectivity index (χ1n) is 6.93. The molecule has 0 unspecified atom stereocenters. The van der Waals surface area contributed by atoms with E-state index in [4.69, 9.17) is 23.1 Å². The lowest BCUT2D eigenvalue weighted by molar-refractivity contribution is 0.256. The summed E-state index contributed by atoms with van der Waals surface area (Å²) in [7, 11) is 0. The number of nitrogens with zero attached hydrogens (tertiary/aromatic N) is 3. The Kier molecular flexibility index (Phi) is 5.49. The van der Waals surface area contributed by atoms with Gasteiger partial charge in [0.1, 0.15) is 0 Å². The summed E-state index contributed by atoms with van der Waals surface area (Å²) in [6, 6.07) is 8.04. The Hall–Kier alpha value is -1.46. The molecule has 1 heterocycles. The SMILES string of the molecule is NC(N)=NCCCN1CCN(c2cccc(Cl)c2)CC1. The van der Waals surface area contributed by atoms with Crippen molar-refractivity contribution in [3.8, 4) is 0 Å². The highest BCUT2D eigenvalue weighted by Gasteiger charge is 2.16. The third kappa shape index (κ3) is 4.58. The Morgan fingerprint density at radius 1 is 1.20 bits per heavy atom. The number of benzene rings is 1. The molecule has 0 bridgehead atoms. The Labute approximate surface area is 125 Å². The summed E-state index contributed by atoms with van der Waals surface area (Å²) in [5.41, 5.74) is 11.8. The van der Waals surface area contributed by atoms with E-state index in [0.29, 0.717) is 6.54 Å². The number of rotatable bonds is 5. The van der Waals surface area contributed by atoms with Gasteiger partial charge in [-0.2, -0.15) is 0 Å². The Balaban J connectivity index is 1.74. The van der Waals surface area contributed by atoms with Crippen LogP contribution in [0.5, 0.6) is 0 Å². The summed E-state index contributed by atoms with van der Waals surface area (Å²) < 4.78 is 0. The first kappa shape index (κ1) is 14.9. The van der Waals surface area contributed by atoms with E-state index in [0.717, 1.165) is 44.2 Å². The van der Waals surface area contributed by atoms with E-state index in [1.807, 2.05) is 18.2 Å². The van der Waals surface area contributed by atoms with E-state index in [-0.39, 0.29) is 5.96 Å². The number of hydrogen-bond acceptors (Lipinski definition) is 3. The Bertz CT molecular complexity index is 451. The molecule has 110 valence electrons. The fraction of sp³-hybridized carbons (Fsp3) is 0.500. The lowest BCUT2D eigenvalue weighted by Gasteiger charge is -2.36. The maximum Gasteiger partial charge on any atom is 0.185 e. The molecule has 1 aliphatic rings. The summed E-state index contributed by atoms with van der Waals surface area (Å²) in [6.45, 7) is 5.94. The van der Waals surface area contributed by atoms with Crippen LogP contribution in [0.4, 0.5) is 5.69 Å². The van der Waals surface area contributed by atoms with Crippen LogP contribution in [-0.2, 0) is 0 Å². The molecule has 1 saturated heterocycles. The second-order valence-corrected chi connectivity index (χ2v) is 5.41. The van der Waals surface area contributed by atoms with Gasteiger partial charge in [0.15, 0.2) is 5.96 Å². The van der Waals surface area contributed by atoms with Crippen LogP contribution in [0.1, 0.15) is 6.42 Å². The van der Waals surface area contributed by atoms with Crippen LogP contribution in [0.3, 0.4) is 0 Å². The van der Waals surface area contributed by atoms with Gasteiger partial charge in [0, 0.05) is 50.0 Å². The Morgan fingerprint density at radius 3 is 2.60 bits per heavy atom. The van der Waals surface area contributed by atoms with Gasteiger partial charge in [-0.3, -0.25) is 9.89 Å². The molecule has 0 saturated carbocycles. The number of anilines is 1. The van der Waals surface area contributed by atoms with Crippen molar-refractivity contribution >= 4 is 23.2 Å². The third-order valence-electron chi connectivity index (χ3n) is 3.47. The molecule has 1 fully saturated rings. The standard InChI is InChI=1S/C14H22ClN5/c15-12-3-1-4-13(11-12)20-9-7-19(8-10-20)6-2-5-18-14(16)17/h1,3-4,11H,2,5-10H2,(H4,16,17,18). The molecule has 0 aromatic heterocycles. The molecule has 1 aliphatic heterocycles. The molecule has 1 aromatic rings. The molecule has 1 aromatic carbocycles.